The Bertz CT molecular complexity index is 522. The van der Waals surface area contributed by atoms with Gasteiger partial charge in [0.1, 0.15) is 12.3 Å². The van der Waals surface area contributed by atoms with Crippen molar-refractivity contribution in [3.05, 3.63) is 35.7 Å². The number of carbonyl (C=O) groups is 2. The van der Waals surface area contributed by atoms with Crippen molar-refractivity contribution < 1.29 is 14.0 Å². The van der Waals surface area contributed by atoms with Crippen LogP contribution in [0.5, 0.6) is 0 Å². The molecule has 2 N–H and O–H groups in total. The largest absolute Gasteiger partial charge is 0.472 e. The Labute approximate surface area is 107 Å². The minimum Gasteiger partial charge on any atom is -0.472 e. The molecule has 0 aliphatic carbocycles. The number of hydrogen-bond donors (Lipinski definition) is 2. The molecule has 0 fully saturated rings. The second-order valence-electron chi connectivity index (χ2n) is 3.53. The molecule has 2 rings (SSSR count). The smallest absolute Gasteiger partial charge is 0.255 e. The van der Waals surface area contributed by atoms with Crippen LogP contribution in [0.15, 0.2) is 34.6 Å². The van der Waals surface area contributed by atoms with Crippen molar-refractivity contribution in [1.82, 2.24) is 10.3 Å². The highest BCUT2D eigenvalue weighted by Crippen LogP contribution is 2.10. The first-order valence-electron chi connectivity index (χ1n) is 5.20. The second-order valence-corrected chi connectivity index (χ2v) is 4.43. The van der Waals surface area contributed by atoms with Crippen molar-refractivity contribution in [3.63, 3.8) is 0 Å². The number of thiazole rings is 1. The Hall–Kier alpha value is -2.15. The SMILES string of the molecule is CC(NC(=O)c1ccoc1)C(=O)Nc1nccs1. The third-order valence-corrected chi connectivity index (χ3v) is 2.88. The van der Waals surface area contributed by atoms with Crippen LogP contribution in [-0.2, 0) is 4.79 Å². The van der Waals surface area contributed by atoms with Crippen LogP contribution in [-0.4, -0.2) is 22.8 Å². The van der Waals surface area contributed by atoms with Gasteiger partial charge in [-0.3, -0.25) is 9.59 Å². The number of nitrogens with one attached hydrogen (secondary N) is 2. The molecular formula is C11H11N3O3S. The number of hydrogen-bond acceptors (Lipinski definition) is 5. The van der Waals surface area contributed by atoms with E-state index in [1.54, 1.807) is 18.5 Å². The third kappa shape index (κ3) is 2.95. The van der Waals surface area contributed by atoms with Gasteiger partial charge in [0, 0.05) is 11.6 Å². The number of anilines is 1. The summed E-state index contributed by atoms with van der Waals surface area (Å²) in [5.74, 6) is -0.674. The fraction of sp³-hybridized carbons (Fsp3) is 0.182. The van der Waals surface area contributed by atoms with Gasteiger partial charge in [0.15, 0.2) is 5.13 Å². The van der Waals surface area contributed by atoms with E-state index in [-0.39, 0.29) is 11.8 Å². The predicted octanol–water partition coefficient (Wildman–Crippen LogP) is 1.49. The molecule has 1 unspecified atom stereocenters. The van der Waals surface area contributed by atoms with Crippen molar-refractivity contribution in [1.29, 1.82) is 0 Å². The highest BCUT2D eigenvalue weighted by Gasteiger charge is 2.17. The first kappa shape index (κ1) is 12.3. The number of carbonyl (C=O) groups excluding carboxylic acids is 2. The molecule has 0 saturated heterocycles. The number of furan rings is 1. The average Bonchev–Trinajstić information content (AvgIpc) is 3.01. The van der Waals surface area contributed by atoms with E-state index in [1.165, 1.54) is 29.9 Å². The Morgan fingerprint density at radius 2 is 2.33 bits per heavy atom. The lowest BCUT2D eigenvalue weighted by atomic mass is 10.2. The number of aromatic nitrogens is 1. The van der Waals surface area contributed by atoms with Crippen LogP contribution in [0.25, 0.3) is 0 Å². The van der Waals surface area contributed by atoms with Crippen LogP contribution in [0.3, 0.4) is 0 Å². The van der Waals surface area contributed by atoms with E-state index in [0.29, 0.717) is 10.7 Å². The summed E-state index contributed by atoms with van der Waals surface area (Å²) in [5, 5.41) is 7.42. The molecular weight excluding hydrogens is 254 g/mol. The molecule has 18 heavy (non-hydrogen) atoms. The zero-order valence-electron chi connectivity index (χ0n) is 9.54. The fourth-order valence-corrected chi connectivity index (χ4v) is 1.77. The summed E-state index contributed by atoms with van der Waals surface area (Å²) in [4.78, 5) is 27.3. The van der Waals surface area contributed by atoms with E-state index in [2.05, 4.69) is 15.6 Å². The lowest BCUT2D eigenvalue weighted by Gasteiger charge is -2.11. The van der Waals surface area contributed by atoms with Gasteiger partial charge in [-0.25, -0.2) is 4.98 Å². The molecule has 2 aromatic rings. The van der Waals surface area contributed by atoms with E-state index < -0.39 is 6.04 Å². The molecule has 2 heterocycles. The molecule has 0 radical (unpaired) electrons. The molecule has 1 atom stereocenters. The molecule has 0 aliphatic heterocycles. The van der Waals surface area contributed by atoms with Crippen molar-refractivity contribution in [2.24, 2.45) is 0 Å². The van der Waals surface area contributed by atoms with Crippen molar-refractivity contribution in [2.75, 3.05) is 5.32 Å². The monoisotopic (exact) mass is 265 g/mol. The summed E-state index contributed by atoms with van der Waals surface area (Å²) in [7, 11) is 0. The zero-order valence-corrected chi connectivity index (χ0v) is 10.4. The Morgan fingerprint density at radius 3 is 2.94 bits per heavy atom. The highest BCUT2D eigenvalue weighted by atomic mass is 32.1. The molecule has 2 aromatic heterocycles. The van der Waals surface area contributed by atoms with Gasteiger partial charge in [-0.1, -0.05) is 0 Å². The number of rotatable bonds is 4. The molecule has 0 aromatic carbocycles. The van der Waals surface area contributed by atoms with Crippen LogP contribution in [0.1, 0.15) is 17.3 Å². The average molecular weight is 265 g/mol. The van der Waals surface area contributed by atoms with Gasteiger partial charge < -0.3 is 15.1 Å². The van der Waals surface area contributed by atoms with Gasteiger partial charge in [0.2, 0.25) is 5.91 Å². The lowest BCUT2D eigenvalue weighted by molar-refractivity contribution is -0.117. The Balaban J connectivity index is 1.89. The van der Waals surface area contributed by atoms with Gasteiger partial charge in [-0.15, -0.1) is 11.3 Å². The maximum Gasteiger partial charge on any atom is 0.255 e. The summed E-state index contributed by atoms with van der Waals surface area (Å²) in [6, 6.07) is 0.872. The summed E-state index contributed by atoms with van der Waals surface area (Å²) in [5.41, 5.74) is 0.379. The molecule has 7 heteroatoms. The van der Waals surface area contributed by atoms with Crippen LogP contribution >= 0.6 is 11.3 Å². The molecule has 0 bridgehead atoms. The molecule has 0 aliphatic rings. The lowest BCUT2D eigenvalue weighted by Crippen LogP contribution is -2.41. The Morgan fingerprint density at radius 1 is 1.50 bits per heavy atom. The van der Waals surface area contributed by atoms with Crippen molar-refractivity contribution >= 4 is 28.3 Å². The number of nitrogens with zero attached hydrogens (tertiary/aromatic N) is 1. The first-order valence-corrected chi connectivity index (χ1v) is 6.08. The molecule has 0 spiro atoms. The maximum atomic E-state index is 11.7. The summed E-state index contributed by atoms with van der Waals surface area (Å²) in [6.45, 7) is 1.60. The molecule has 94 valence electrons. The highest BCUT2D eigenvalue weighted by molar-refractivity contribution is 7.13. The predicted molar refractivity (Wildman–Crippen MR) is 66.4 cm³/mol. The fourth-order valence-electron chi connectivity index (χ4n) is 1.24. The first-order chi connectivity index (χ1) is 8.66. The molecule has 6 nitrogen and oxygen atoms in total. The normalized spacial score (nSPS) is 11.8. The zero-order chi connectivity index (χ0) is 13.0. The van der Waals surface area contributed by atoms with Crippen LogP contribution in [0, 0.1) is 0 Å². The maximum absolute atomic E-state index is 11.7. The summed E-state index contributed by atoms with van der Waals surface area (Å²) in [6.07, 6.45) is 4.31. The summed E-state index contributed by atoms with van der Waals surface area (Å²) >= 11 is 1.31. The Kier molecular flexibility index (Phi) is 3.73. The van der Waals surface area contributed by atoms with Crippen molar-refractivity contribution in [3.8, 4) is 0 Å². The minimum atomic E-state index is -0.656. The van der Waals surface area contributed by atoms with Gasteiger partial charge >= 0.3 is 0 Å². The van der Waals surface area contributed by atoms with Crippen LogP contribution in [0.2, 0.25) is 0 Å². The van der Waals surface area contributed by atoms with Crippen LogP contribution in [0.4, 0.5) is 5.13 Å². The second kappa shape index (κ2) is 5.46. The van der Waals surface area contributed by atoms with E-state index in [0.717, 1.165) is 0 Å². The molecule has 0 saturated carbocycles. The quantitative estimate of drug-likeness (QED) is 0.877. The number of amides is 2. The van der Waals surface area contributed by atoms with E-state index in [9.17, 15) is 9.59 Å². The summed E-state index contributed by atoms with van der Waals surface area (Å²) < 4.78 is 4.79. The van der Waals surface area contributed by atoms with Gasteiger partial charge in [0.25, 0.3) is 5.91 Å². The van der Waals surface area contributed by atoms with Crippen molar-refractivity contribution in [2.45, 2.75) is 13.0 Å². The third-order valence-electron chi connectivity index (χ3n) is 2.19. The van der Waals surface area contributed by atoms with Gasteiger partial charge in [-0.05, 0) is 13.0 Å². The van der Waals surface area contributed by atoms with E-state index >= 15 is 0 Å². The van der Waals surface area contributed by atoms with E-state index in [4.69, 9.17) is 4.42 Å². The van der Waals surface area contributed by atoms with Gasteiger partial charge in [-0.2, -0.15) is 0 Å². The topological polar surface area (TPSA) is 84.2 Å². The van der Waals surface area contributed by atoms with E-state index in [1.807, 2.05) is 0 Å². The van der Waals surface area contributed by atoms with Gasteiger partial charge in [0.05, 0.1) is 11.8 Å². The standard InChI is InChI=1S/C11H11N3O3S/c1-7(9(15)14-11-12-3-5-18-11)13-10(16)8-2-4-17-6-8/h2-7H,1H3,(H,13,16)(H,12,14,15). The minimum absolute atomic E-state index is 0.318. The molecule has 2 amide bonds. The van der Waals surface area contributed by atoms with Crippen LogP contribution < -0.4 is 10.6 Å².